The summed E-state index contributed by atoms with van der Waals surface area (Å²) < 4.78 is 0. The Morgan fingerprint density at radius 1 is 1.56 bits per heavy atom. The average molecular weight is 235 g/mol. The van der Waals surface area contributed by atoms with Gasteiger partial charge in [-0.25, -0.2) is 0 Å². The van der Waals surface area contributed by atoms with Crippen molar-refractivity contribution in [2.75, 3.05) is 6.54 Å². The lowest BCUT2D eigenvalue weighted by Gasteiger charge is -2.15. The minimum Gasteiger partial charge on any atom is -0.313 e. The molecule has 0 bridgehead atoms. The van der Waals surface area contributed by atoms with E-state index in [4.69, 9.17) is 6.42 Å². The molecule has 0 aliphatic carbocycles. The molecule has 1 atom stereocenters. The summed E-state index contributed by atoms with van der Waals surface area (Å²) in [5.41, 5.74) is 0. The van der Waals surface area contributed by atoms with Gasteiger partial charge in [0.25, 0.3) is 0 Å². The van der Waals surface area contributed by atoms with Gasteiger partial charge in [-0.3, -0.25) is 0 Å². The molecule has 1 aromatic heterocycles. The molecule has 0 radical (unpaired) electrons. The lowest BCUT2D eigenvalue weighted by Crippen LogP contribution is -2.29. The predicted molar refractivity (Wildman–Crippen MR) is 72.8 cm³/mol. The van der Waals surface area contributed by atoms with Crippen molar-refractivity contribution in [3.63, 3.8) is 0 Å². The monoisotopic (exact) mass is 235 g/mol. The van der Waals surface area contributed by atoms with Gasteiger partial charge in [-0.1, -0.05) is 13.0 Å². The van der Waals surface area contributed by atoms with Crippen molar-refractivity contribution >= 4 is 11.3 Å². The van der Waals surface area contributed by atoms with Crippen LogP contribution in [0.15, 0.2) is 17.5 Å². The Hall–Kier alpha value is -0.780. The molecule has 1 N–H and O–H groups in total. The summed E-state index contributed by atoms with van der Waals surface area (Å²) in [5, 5.41) is 5.65. The standard InChI is InChI=1S/C14H21NS/c1-3-7-13(15-11-4-2)8-5-9-14-10-6-12-16-14/h1,6,10,12-13,15H,4-5,7-9,11H2,2H3. The maximum Gasteiger partial charge on any atom is 0.0240 e. The number of rotatable bonds is 8. The molecule has 0 saturated heterocycles. The second-order valence-corrected chi connectivity index (χ2v) is 5.06. The van der Waals surface area contributed by atoms with Crippen molar-refractivity contribution in [1.29, 1.82) is 0 Å². The summed E-state index contributed by atoms with van der Waals surface area (Å²) in [5.74, 6) is 2.76. The third kappa shape index (κ3) is 5.34. The number of thiophene rings is 1. The summed E-state index contributed by atoms with van der Waals surface area (Å²) in [6, 6.07) is 4.83. The fraction of sp³-hybridized carbons (Fsp3) is 0.571. The lowest BCUT2D eigenvalue weighted by molar-refractivity contribution is 0.475. The minimum absolute atomic E-state index is 0.505. The molecule has 1 nitrogen and oxygen atoms in total. The van der Waals surface area contributed by atoms with E-state index in [1.54, 1.807) is 0 Å². The molecule has 1 unspecified atom stereocenters. The second kappa shape index (κ2) is 8.38. The van der Waals surface area contributed by atoms with Crippen molar-refractivity contribution < 1.29 is 0 Å². The predicted octanol–water partition coefficient (Wildman–Crippen LogP) is 3.46. The third-order valence-electron chi connectivity index (χ3n) is 2.60. The van der Waals surface area contributed by atoms with Crippen molar-refractivity contribution in [3.8, 4) is 12.3 Å². The molecular formula is C14H21NS. The molecule has 0 saturated carbocycles. The van der Waals surface area contributed by atoms with Gasteiger partial charge < -0.3 is 5.32 Å². The minimum atomic E-state index is 0.505. The smallest absolute Gasteiger partial charge is 0.0240 e. The molecule has 0 aliphatic heterocycles. The SMILES string of the molecule is C#CCC(CCCc1cccs1)NCCC. The zero-order valence-corrected chi connectivity index (χ0v) is 10.9. The molecule has 0 amide bonds. The van der Waals surface area contributed by atoms with Gasteiger partial charge in [0.1, 0.15) is 0 Å². The van der Waals surface area contributed by atoms with Gasteiger partial charge >= 0.3 is 0 Å². The molecule has 2 heteroatoms. The molecule has 0 spiro atoms. The Morgan fingerprint density at radius 3 is 3.06 bits per heavy atom. The van der Waals surface area contributed by atoms with E-state index in [1.807, 2.05) is 11.3 Å². The second-order valence-electron chi connectivity index (χ2n) is 4.03. The first-order valence-electron chi connectivity index (χ1n) is 6.06. The molecule has 0 aliphatic rings. The Bertz CT molecular complexity index is 297. The van der Waals surface area contributed by atoms with Crippen LogP contribution >= 0.6 is 11.3 Å². The lowest BCUT2D eigenvalue weighted by atomic mass is 10.1. The average Bonchev–Trinajstić information content (AvgIpc) is 2.79. The Morgan fingerprint density at radius 2 is 2.44 bits per heavy atom. The van der Waals surface area contributed by atoms with E-state index in [1.165, 1.54) is 30.6 Å². The summed E-state index contributed by atoms with van der Waals surface area (Å²) in [6.45, 7) is 3.26. The van der Waals surface area contributed by atoms with Gasteiger partial charge in [0.2, 0.25) is 0 Å². The number of terminal acetylenes is 1. The normalized spacial score (nSPS) is 12.2. The molecule has 1 aromatic rings. The van der Waals surface area contributed by atoms with Crippen molar-refractivity contribution in [2.45, 2.75) is 45.1 Å². The topological polar surface area (TPSA) is 12.0 Å². The van der Waals surface area contributed by atoms with Gasteiger partial charge in [-0.05, 0) is 43.7 Å². The zero-order valence-electron chi connectivity index (χ0n) is 10.0. The summed E-state index contributed by atoms with van der Waals surface area (Å²) >= 11 is 1.85. The van der Waals surface area contributed by atoms with Crippen molar-refractivity contribution in [1.82, 2.24) is 5.32 Å². The van der Waals surface area contributed by atoms with Crippen LogP contribution in [0.1, 0.15) is 37.5 Å². The molecule has 88 valence electrons. The first kappa shape index (κ1) is 13.3. The van der Waals surface area contributed by atoms with Crippen LogP contribution in [0.4, 0.5) is 0 Å². The quantitative estimate of drug-likeness (QED) is 0.680. The molecule has 0 aromatic carbocycles. The molecule has 0 fully saturated rings. The highest BCUT2D eigenvalue weighted by atomic mass is 32.1. The number of hydrogen-bond acceptors (Lipinski definition) is 2. The fourth-order valence-corrected chi connectivity index (χ4v) is 2.50. The van der Waals surface area contributed by atoms with Crippen LogP contribution in [-0.4, -0.2) is 12.6 Å². The van der Waals surface area contributed by atoms with Crippen LogP contribution in [0.3, 0.4) is 0 Å². The fourth-order valence-electron chi connectivity index (χ4n) is 1.74. The van der Waals surface area contributed by atoms with E-state index in [0.29, 0.717) is 6.04 Å². The van der Waals surface area contributed by atoms with Crippen LogP contribution < -0.4 is 5.32 Å². The van der Waals surface area contributed by atoms with Gasteiger partial charge in [0.15, 0.2) is 0 Å². The summed E-state index contributed by atoms with van der Waals surface area (Å²) in [6.07, 6.45) is 11.0. The molecule has 1 rings (SSSR count). The highest BCUT2D eigenvalue weighted by Gasteiger charge is 2.05. The molecule has 1 heterocycles. The van der Waals surface area contributed by atoms with E-state index in [-0.39, 0.29) is 0 Å². The van der Waals surface area contributed by atoms with E-state index in [9.17, 15) is 0 Å². The molecule has 16 heavy (non-hydrogen) atoms. The third-order valence-corrected chi connectivity index (χ3v) is 3.54. The number of aryl methyl sites for hydroxylation is 1. The highest BCUT2D eigenvalue weighted by molar-refractivity contribution is 7.09. The molecular weight excluding hydrogens is 214 g/mol. The number of nitrogens with one attached hydrogen (secondary N) is 1. The van der Waals surface area contributed by atoms with Crippen LogP contribution in [0.5, 0.6) is 0 Å². The van der Waals surface area contributed by atoms with Crippen molar-refractivity contribution in [2.24, 2.45) is 0 Å². The van der Waals surface area contributed by atoms with Crippen LogP contribution in [0, 0.1) is 12.3 Å². The van der Waals surface area contributed by atoms with Gasteiger partial charge in [0.05, 0.1) is 0 Å². The maximum atomic E-state index is 5.38. The summed E-state index contributed by atoms with van der Waals surface area (Å²) in [4.78, 5) is 1.48. The van der Waals surface area contributed by atoms with Gasteiger partial charge in [0, 0.05) is 17.3 Å². The highest BCUT2D eigenvalue weighted by Crippen LogP contribution is 2.13. The van der Waals surface area contributed by atoms with Crippen LogP contribution in [0.2, 0.25) is 0 Å². The Kier molecular flexibility index (Phi) is 6.96. The first-order chi connectivity index (χ1) is 7.86. The Labute approximate surface area is 103 Å². The van der Waals surface area contributed by atoms with E-state index < -0.39 is 0 Å². The maximum absolute atomic E-state index is 5.38. The first-order valence-corrected chi connectivity index (χ1v) is 6.94. The Balaban J connectivity index is 2.19. The van der Waals surface area contributed by atoms with E-state index in [0.717, 1.165) is 13.0 Å². The summed E-state index contributed by atoms with van der Waals surface area (Å²) in [7, 11) is 0. The van der Waals surface area contributed by atoms with Gasteiger partial charge in [-0.2, -0.15) is 0 Å². The largest absolute Gasteiger partial charge is 0.313 e. The van der Waals surface area contributed by atoms with Crippen LogP contribution in [0.25, 0.3) is 0 Å². The van der Waals surface area contributed by atoms with Crippen molar-refractivity contribution in [3.05, 3.63) is 22.4 Å². The zero-order chi connectivity index (χ0) is 11.6. The van der Waals surface area contributed by atoms with E-state index >= 15 is 0 Å². The van der Waals surface area contributed by atoms with Crippen LogP contribution in [-0.2, 0) is 6.42 Å². The van der Waals surface area contributed by atoms with E-state index in [2.05, 4.69) is 35.7 Å². The van der Waals surface area contributed by atoms with Gasteiger partial charge in [-0.15, -0.1) is 23.7 Å². The number of hydrogen-bond donors (Lipinski definition) is 1.